The third-order valence-electron chi connectivity index (χ3n) is 3.59. The number of nitrogens with zero attached hydrogens (tertiary/aromatic N) is 1. The van der Waals surface area contributed by atoms with E-state index in [0.717, 1.165) is 44.5 Å². The summed E-state index contributed by atoms with van der Waals surface area (Å²) in [5.74, 6) is 0.0908. The van der Waals surface area contributed by atoms with Crippen LogP contribution in [-0.4, -0.2) is 35.4 Å². The molecule has 1 N–H and O–H groups in total. The molecule has 2 fully saturated rings. The van der Waals surface area contributed by atoms with Gasteiger partial charge in [0, 0.05) is 24.6 Å². The zero-order valence-electron chi connectivity index (χ0n) is 10.7. The predicted octanol–water partition coefficient (Wildman–Crippen LogP) is 2.21. The molecule has 0 unspecified atom stereocenters. The summed E-state index contributed by atoms with van der Waals surface area (Å²) < 4.78 is 11.2. The van der Waals surface area contributed by atoms with Crippen molar-refractivity contribution < 1.29 is 19.4 Å². The lowest BCUT2D eigenvalue weighted by atomic mass is 10.1. The van der Waals surface area contributed by atoms with Crippen LogP contribution in [-0.2, 0) is 4.74 Å². The highest BCUT2D eigenvalue weighted by molar-refractivity contribution is 5.87. The molecule has 0 bridgehead atoms. The molecule has 2 aliphatic rings. The minimum Gasteiger partial charge on any atom is -0.478 e. The highest BCUT2D eigenvalue weighted by atomic mass is 16.5. The molecule has 1 saturated heterocycles. The fraction of sp³-hybridized carbons (Fsp3) is 0.571. The molecule has 1 aliphatic carbocycles. The molecule has 0 amide bonds. The first kappa shape index (κ1) is 12.4. The van der Waals surface area contributed by atoms with Crippen molar-refractivity contribution in [1.29, 1.82) is 0 Å². The van der Waals surface area contributed by atoms with Gasteiger partial charge in [-0.15, -0.1) is 0 Å². The molecule has 102 valence electrons. The Hall–Kier alpha value is -1.62. The number of aromatic carboxylic acids is 1. The van der Waals surface area contributed by atoms with E-state index in [1.165, 1.54) is 6.20 Å². The maximum Gasteiger partial charge on any atom is 0.337 e. The average molecular weight is 263 g/mol. The highest BCUT2D eigenvalue weighted by Crippen LogP contribution is 2.44. The van der Waals surface area contributed by atoms with Gasteiger partial charge in [0.05, 0.1) is 18.8 Å². The van der Waals surface area contributed by atoms with Crippen molar-refractivity contribution in [2.75, 3.05) is 13.2 Å². The molecule has 0 radical (unpaired) electrons. The van der Waals surface area contributed by atoms with Crippen LogP contribution < -0.4 is 4.74 Å². The number of ether oxygens (including phenoxy) is 2. The maximum atomic E-state index is 11.0. The first-order chi connectivity index (χ1) is 9.24. The van der Waals surface area contributed by atoms with Crippen LogP contribution in [0, 0.1) is 0 Å². The van der Waals surface area contributed by atoms with Gasteiger partial charge in [0.1, 0.15) is 6.10 Å². The van der Waals surface area contributed by atoms with Gasteiger partial charge in [-0.3, -0.25) is 0 Å². The lowest BCUT2D eigenvalue weighted by Gasteiger charge is -2.23. The molecule has 2 heterocycles. The normalized spacial score (nSPS) is 20.2. The van der Waals surface area contributed by atoms with Crippen molar-refractivity contribution in [3.8, 4) is 5.88 Å². The van der Waals surface area contributed by atoms with Crippen molar-refractivity contribution in [3.63, 3.8) is 0 Å². The number of hydrogen-bond donors (Lipinski definition) is 1. The molecule has 0 atom stereocenters. The molecule has 19 heavy (non-hydrogen) atoms. The summed E-state index contributed by atoms with van der Waals surface area (Å²) in [6.07, 6.45) is 5.43. The van der Waals surface area contributed by atoms with Gasteiger partial charge in [0.15, 0.2) is 0 Å². The van der Waals surface area contributed by atoms with E-state index < -0.39 is 5.97 Å². The Kier molecular flexibility index (Phi) is 3.38. The van der Waals surface area contributed by atoms with Crippen LogP contribution in [0.15, 0.2) is 12.3 Å². The monoisotopic (exact) mass is 263 g/mol. The van der Waals surface area contributed by atoms with E-state index in [1.54, 1.807) is 6.07 Å². The molecule has 1 aliphatic heterocycles. The van der Waals surface area contributed by atoms with Gasteiger partial charge < -0.3 is 14.6 Å². The number of aromatic nitrogens is 1. The van der Waals surface area contributed by atoms with E-state index in [0.29, 0.717) is 11.8 Å². The van der Waals surface area contributed by atoms with Crippen LogP contribution >= 0.6 is 0 Å². The lowest BCUT2D eigenvalue weighted by Crippen LogP contribution is -2.26. The molecule has 5 nitrogen and oxygen atoms in total. The van der Waals surface area contributed by atoms with Gasteiger partial charge >= 0.3 is 5.97 Å². The van der Waals surface area contributed by atoms with Gasteiger partial charge in [0.2, 0.25) is 5.88 Å². The largest absolute Gasteiger partial charge is 0.478 e. The van der Waals surface area contributed by atoms with Crippen molar-refractivity contribution in [3.05, 3.63) is 23.4 Å². The van der Waals surface area contributed by atoms with E-state index >= 15 is 0 Å². The summed E-state index contributed by atoms with van der Waals surface area (Å²) in [7, 11) is 0. The number of carboxylic acids is 1. The second kappa shape index (κ2) is 5.17. The maximum absolute atomic E-state index is 11.0. The van der Waals surface area contributed by atoms with Crippen LogP contribution in [0.4, 0.5) is 0 Å². The second-order valence-corrected chi connectivity index (χ2v) is 5.13. The third kappa shape index (κ3) is 2.87. The van der Waals surface area contributed by atoms with Crippen LogP contribution in [0.3, 0.4) is 0 Å². The molecular weight excluding hydrogens is 246 g/mol. The Morgan fingerprint density at radius 1 is 1.32 bits per heavy atom. The summed E-state index contributed by atoms with van der Waals surface area (Å²) >= 11 is 0. The van der Waals surface area contributed by atoms with Gasteiger partial charge in [0.25, 0.3) is 0 Å². The molecule has 1 saturated carbocycles. The summed E-state index contributed by atoms with van der Waals surface area (Å²) in [5.41, 5.74) is 1.19. The predicted molar refractivity (Wildman–Crippen MR) is 67.6 cm³/mol. The molecule has 0 spiro atoms. The highest BCUT2D eigenvalue weighted by Gasteiger charge is 2.30. The van der Waals surface area contributed by atoms with E-state index in [1.807, 2.05) is 0 Å². The zero-order chi connectivity index (χ0) is 13.2. The van der Waals surface area contributed by atoms with E-state index in [4.69, 9.17) is 14.6 Å². The van der Waals surface area contributed by atoms with Crippen molar-refractivity contribution in [1.82, 2.24) is 4.98 Å². The van der Waals surface area contributed by atoms with Crippen LogP contribution in [0.2, 0.25) is 0 Å². The fourth-order valence-corrected chi connectivity index (χ4v) is 2.32. The Morgan fingerprint density at radius 3 is 2.68 bits per heavy atom. The number of hydrogen-bond acceptors (Lipinski definition) is 4. The van der Waals surface area contributed by atoms with E-state index in [2.05, 4.69) is 4.98 Å². The molecule has 0 aromatic carbocycles. The SMILES string of the molecule is O=C(O)c1cnc(OC2CCOCC2)c(C2CC2)c1. The second-order valence-electron chi connectivity index (χ2n) is 5.13. The van der Waals surface area contributed by atoms with E-state index in [-0.39, 0.29) is 11.7 Å². The van der Waals surface area contributed by atoms with E-state index in [9.17, 15) is 4.79 Å². The smallest absolute Gasteiger partial charge is 0.337 e. The zero-order valence-corrected chi connectivity index (χ0v) is 10.7. The molecular formula is C14H17NO4. The van der Waals surface area contributed by atoms with Crippen LogP contribution in [0.1, 0.15) is 47.5 Å². The average Bonchev–Trinajstić information content (AvgIpc) is 3.24. The number of carboxylic acid groups (broad SMARTS) is 1. The Labute approximate surface area is 111 Å². The number of pyridine rings is 1. The summed E-state index contributed by atoms with van der Waals surface area (Å²) in [6, 6.07) is 1.71. The first-order valence-corrected chi connectivity index (χ1v) is 6.71. The topological polar surface area (TPSA) is 68.7 Å². The van der Waals surface area contributed by atoms with Crippen LogP contribution in [0.5, 0.6) is 5.88 Å². The van der Waals surface area contributed by atoms with Crippen molar-refractivity contribution in [2.24, 2.45) is 0 Å². The molecule has 1 aromatic heterocycles. The first-order valence-electron chi connectivity index (χ1n) is 6.71. The molecule has 3 rings (SSSR count). The lowest BCUT2D eigenvalue weighted by molar-refractivity contribution is 0.0233. The Bertz CT molecular complexity index is 478. The van der Waals surface area contributed by atoms with Gasteiger partial charge in [-0.05, 0) is 24.8 Å². The quantitative estimate of drug-likeness (QED) is 0.902. The van der Waals surface area contributed by atoms with Crippen molar-refractivity contribution in [2.45, 2.75) is 37.7 Å². The van der Waals surface area contributed by atoms with Gasteiger partial charge in [-0.25, -0.2) is 9.78 Å². The minimum absolute atomic E-state index is 0.134. The molecule has 5 heteroatoms. The van der Waals surface area contributed by atoms with Crippen molar-refractivity contribution >= 4 is 5.97 Å². The Morgan fingerprint density at radius 2 is 2.05 bits per heavy atom. The third-order valence-corrected chi connectivity index (χ3v) is 3.59. The summed E-state index contributed by atoms with van der Waals surface area (Å²) in [4.78, 5) is 15.2. The molecule has 1 aromatic rings. The summed E-state index contributed by atoms with van der Waals surface area (Å²) in [5, 5.41) is 9.03. The fourth-order valence-electron chi connectivity index (χ4n) is 2.32. The number of rotatable bonds is 4. The van der Waals surface area contributed by atoms with Gasteiger partial charge in [-0.1, -0.05) is 0 Å². The minimum atomic E-state index is -0.938. The number of carbonyl (C=O) groups is 1. The van der Waals surface area contributed by atoms with Gasteiger partial charge in [-0.2, -0.15) is 0 Å². The summed E-state index contributed by atoms with van der Waals surface area (Å²) in [6.45, 7) is 1.44. The Balaban J connectivity index is 1.81. The van der Waals surface area contributed by atoms with Crippen LogP contribution in [0.25, 0.3) is 0 Å². The standard InChI is InChI=1S/C14H17NO4/c16-14(17)10-7-12(9-1-2-9)13(15-8-10)19-11-3-5-18-6-4-11/h7-9,11H,1-6H2,(H,16,17).